The van der Waals surface area contributed by atoms with Crippen LogP contribution in [0.1, 0.15) is 37.1 Å². The Morgan fingerprint density at radius 2 is 1.88 bits per heavy atom. The van der Waals surface area contributed by atoms with Crippen LogP contribution < -0.4 is 16.4 Å². The molecule has 0 bridgehead atoms. The Hall–Kier alpha value is -2.41. The van der Waals surface area contributed by atoms with Crippen LogP contribution in [-0.4, -0.2) is 22.6 Å². The molecule has 0 amide bonds. The van der Waals surface area contributed by atoms with E-state index in [2.05, 4.69) is 32.4 Å². The quantitative estimate of drug-likeness (QED) is 0.866. The predicted octanol–water partition coefficient (Wildman–Crippen LogP) is 3.23. The van der Waals surface area contributed by atoms with Gasteiger partial charge in [-0.3, -0.25) is 4.90 Å². The molecule has 4 N–H and O–H groups in total. The summed E-state index contributed by atoms with van der Waals surface area (Å²) in [6.45, 7) is 2.01. The van der Waals surface area contributed by atoms with Gasteiger partial charge < -0.3 is 11.5 Å². The van der Waals surface area contributed by atoms with E-state index < -0.39 is 5.66 Å². The maximum atomic E-state index is 6.36. The van der Waals surface area contributed by atoms with Crippen molar-refractivity contribution in [3.8, 4) is 11.3 Å². The maximum absolute atomic E-state index is 6.36. The van der Waals surface area contributed by atoms with Crippen molar-refractivity contribution in [2.24, 2.45) is 21.5 Å². The van der Waals surface area contributed by atoms with Gasteiger partial charge in [-0.1, -0.05) is 24.6 Å². The van der Waals surface area contributed by atoms with Crippen molar-refractivity contribution in [2.75, 3.05) is 4.90 Å². The lowest BCUT2D eigenvalue weighted by Gasteiger charge is -2.46. The fourth-order valence-corrected chi connectivity index (χ4v) is 4.46. The summed E-state index contributed by atoms with van der Waals surface area (Å²) in [7, 11) is 0. The summed E-state index contributed by atoms with van der Waals surface area (Å²) >= 11 is 1.64. The second kappa shape index (κ2) is 6.15. The topological polar surface area (TPSA) is 92.9 Å². The molecule has 1 spiro atoms. The fourth-order valence-electron chi connectivity index (χ4n) is 3.84. The molecule has 2 aliphatic rings. The summed E-state index contributed by atoms with van der Waals surface area (Å²) in [5.41, 5.74) is 14.9. The molecule has 1 aliphatic heterocycles. The Morgan fingerprint density at radius 1 is 1.12 bits per heavy atom. The molecule has 4 rings (SSSR count). The number of thiazole rings is 1. The molecular weight excluding hydrogens is 332 g/mol. The molecule has 7 heteroatoms. The largest absolute Gasteiger partial charge is 0.369 e. The molecule has 2 aromatic rings. The van der Waals surface area contributed by atoms with Crippen LogP contribution in [0.25, 0.3) is 11.3 Å². The van der Waals surface area contributed by atoms with Crippen LogP contribution in [-0.2, 0) is 0 Å². The fraction of sp³-hybridized carbons (Fsp3) is 0.389. The highest BCUT2D eigenvalue weighted by Crippen LogP contribution is 2.42. The van der Waals surface area contributed by atoms with E-state index in [4.69, 9.17) is 16.5 Å². The van der Waals surface area contributed by atoms with E-state index in [1.807, 2.05) is 19.1 Å². The summed E-state index contributed by atoms with van der Waals surface area (Å²) in [5, 5.41) is 3.12. The summed E-state index contributed by atoms with van der Waals surface area (Å²) in [6, 6.07) is 8.19. The molecule has 0 atom stereocenters. The molecule has 0 radical (unpaired) electrons. The number of hydrogen-bond acceptors (Lipinski definition) is 7. The number of rotatable bonds is 2. The second-order valence-electron chi connectivity index (χ2n) is 6.59. The van der Waals surface area contributed by atoms with E-state index >= 15 is 0 Å². The molecule has 0 saturated heterocycles. The number of aliphatic imine (C=N–C) groups is 2. The SMILES string of the molecule is Cc1nc(-c2ccccc2N2C(N)=NC(N)=NC23CCCCC3)cs1. The number of aromatic nitrogens is 1. The first-order valence-corrected chi connectivity index (χ1v) is 9.48. The Kier molecular flexibility index (Phi) is 3.95. The molecule has 2 heterocycles. The molecule has 1 fully saturated rings. The summed E-state index contributed by atoms with van der Waals surface area (Å²) in [5.74, 6) is 0.687. The van der Waals surface area contributed by atoms with Gasteiger partial charge in [0.15, 0.2) is 0 Å². The second-order valence-corrected chi connectivity index (χ2v) is 7.65. The van der Waals surface area contributed by atoms with Gasteiger partial charge in [-0.2, -0.15) is 4.99 Å². The minimum Gasteiger partial charge on any atom is -0.369 e. The van der Waals surface area contributed by atoms with Gasteiger partial charge in [0.05, 0.1) is 16.4 Å². The van der Waals surface area contributed by atoms with Gasteiger partial charge >= 0.3 is 0 Å². The van der Waals surface area contributed by atoms with Crippen molar-refractivity contribution in [3.63, 3.8) is 0 Å². The van der Waals surface area contributed by atoms with Gasteiger partial charge in [-0.05, 0) is 38.7 Å². The van der Waals surface area contributed by atoms with E-state index in [9.17, 15) is 0 Å². The number of nitrogens with two attached hydrogens (primary N) is 2. The summed E-state index contributed by atoms with van der Waals surface area (Å²) in [6.07, 6.45) is 5.29. The van der Waals surface area contributed by atoms with Crippen LogP contribution >= 0.6 is 11.3 Å². The molecule has 1 aromatic heterocycles. The molecule has 0 unspecified atom stereocenters. The van der Waals surface area contributed by atoms with Gasteiger partial charge in [-0.15, -0.1) is 11.3 Å². The molecular formula is C18H22N6S. The van der Waals surface area contributed by atoms with Gasteiger partial charge in [-0.25, -0.2) is 9.98 Å². The number of guanidine groups is 2. The summed E-state index contributed by atoms with van der Waals surface area (Å²) < 4.78 is 0. The van der Waals surface area contributed by atoms with Crippen molar-refractivity contribution in [1.29, 1.82) is 0 Å². The smallest absolute Gasteiger partial charge is 0.220 e. The number of benzene rings is 1. The highest BCUT2D eigenvalue weighted by atomic mass is 32.1. The van der Waals surface area contributed by atoms with Crippen LogP contribution in [0.2, 0.25) is 0 Å². The van der Waals surface area contributed by atoms with Gasteiger partial charge in [0.25, 0.3) is 0 Å². The van der Waals surface area contributed by atoms with Crippen molar-refractivity contribution in [1.82, 2.24) is 4.98 Å². The minimum atomic E-state index is -0.435. The average Bonchev–Trinajstić information content (AvgIpc) is 3.01. The number of aryl methyl sites for hydroxylation is 1. The monoisotopic (exact) mass is 354 g/mol. The standard InChI is InChI=1S/C18H22N6S/c1-12-21-14(11-25-12)13-7-3-4-8-15(13)24-17(20)22-16(19)23-18(24)9-5-2-6-10-18/h3-4,7-8,11H,2,5-6,9-10H2,1H3,(H4,19,20,22,23). The lowest BCUT2D eigenvalue weighted by molar-refractivity contribution is 0.305. The summed E-state index contributed by atoms with van der Waals surface area (Å²) in [4.78, 5) is 15.8. The molecule has 130 valence electrons. The Labute approximate surface area is 151 Å². The number of anilines is 1. The van der Waals surface area contributed by atoms with Gasteiger partial charge in [0.1, 0.15) is 5.66 Å². The average molecular weight is 354 g/mol. The van der Waals surface area contributed by atoms with Gasteiger partial charge in [0, 0.05) is 10.9 Å². The van der Waals surface area contributed by atoms with Gasteiger partial charge in [0.2, 0.25) is 11.9 Å². The van der Waals surface area contributed by atoms with Crippen LogP contribution in [0.3, 0.4) is 0 Å². The van der Waals surface area contributed by atoms with Crippen LogP contribution in [0.5, 0.6) is 0 Å². The van der Waals surface area contributed by atoms with Crippen LogP contribution in [0, 0.1) is 6.92 Å². The molecule has 1 aliphatic carbocycles. The van der Waals surface area contributed by atoms with Crippen molar-refractivity contribution >= 4 is 28.9 Å². The van der Waals surface area contributed by atoms with E-state index in [1.165, 1.54) is 6.42 Å². The first-order chi connectivity index (χ1) is 12.1. The third-order valence-electron chi connectivity index (χ3n) is 4.89. The third kappa shape index (κ3) is 2.78. The van der Waals surface area contributed by atoms with Crippen LogP contribution in [0.4, 0.5) is 5.69 Å². The Bertz CT molecular complexity index is 847. The highest BCUT2D eigenvalue weighted by molar-refractivity contribution is 7.09. The molecule has 1 saturated carbocycles. The van der Waals surface area contributed by atoms with Crippen LogP contribution in [0.15, 0.2) is 39.6 Å². The molecule has 25 heavy (non-hydrogen) atoms. The predicted molar refractivity (Wildman–Crippen MR) is 104 cm³/mol. The minimum absolute atomic E-state index is 0.276. The first kappa shape index (κ1) is 16.1. The van der Waals surface area contributed by atoms with Crippen molar-refractivity contribution in [2.45, 2.75) is 44.7 Å². The zero-order valence-electron chi connectivity index (χ0n) is 14.3. The number of para-hydroxylation sites is 1. The van der Waals surface area contributed by atoms with Crippen molar-refractivity contribution < 1.29 is 0 Å². The van der Waals surface area contributed by atoms with E-state index in [0.29, 0.717) is 5.96 Å². The highest BCUT2D eigenvalue weighted by Gasteiger charge is 2.43. The Balaban J connectivity index is 1.86. The van der Waals surface area contributed by atoms with E-state index in [-0.39, 0.29) is 5.96 Å². The lowest BCUT2D eigenvalue weighted by Crippen LogP contribution is -2.58. The zero-order valence-corrected chi connectivity index (χ0v) is 15.1. The lowest BCUT2D eigenvalue weighted by atomic mass is 9.87. The number of nitrogens with zero attached hydrogens (tertiary/aromatic N) is 4. The first-order valence-electron chi connectivity index (χ1n) is 8.60. The Morgan fingerprint density at radius 3 is 2.60 bits per heavy atom. The molecule has 6 nitrogen and oxygen atoms in total. The number of hydrogen-bond donors (Lipinski definition) is 2. The molecule has 1 aromatic carbocycles. The van der Waals surface area contributed by atoms with E-state index in [0.717, 1.165) is 47.6 Å². The van der Waals surface area contributed by atoms with E-state index in [1.54, 1.807) is 11.3 Å². The van der Waals surface area contributed by atoms with Crippen molar-refractivity contribution in [3.05, 3.63) is 34.7 Å². The maximum Gasteiger partial charge on any atom is 0.220 e. The normalized spacial score (nSPS) is 19.6. The third-order valence-corrected chi connectivity index (χ3v) is 5.66. The zero-order chi connectivity index (χ0) is 17.4.